The van der Waals surface area contributed by atoms with E-state index in [1.807, 2.05) is 6.92 Å². The predicted octanol–water partition coefficient (Wildman–Crippen LogP) is 5.43. The van der Waals surface area contributed by atoms with Crippen molar-refractivity contribution in [3.63, 3.8) is 0 Å². The Morgan fingerprint density at radius 1 is 0.960 bits per heavy atom. The highest BCUT2D eigenvalue weighted by Gasteiger charge is 2.14. The molecule has 0 N–H and O–H groups in total. The van der Waals surface area contributed by atoms with Gasteiger partial charge in [0, 0.05) is 5.39 Å². The van der Waals surface area contributed by atoms with E-state index in [-0.39, 0.29) is 16.7 Å². The fraction of sp³-hybridized carbons (Fsp3) is 0.150. The molecule has 0 aliphatic carbocycles. The number of hydrogen-bond donors (Lipinski definition) is 0. The molecule has 2 nitrogen and oxygen atoms in total. The van der Waals surface area contributed by atoms with Crippen molar-refractivity contribution in [3.05, 3.63) is 77.1 Å². The number of esters is 1. The average molecular weight is 344 g/mol. The van der Waals surface area contributed by atoms with Crippen LogP contribution in [0.5, 0.6) is 5.75 Å². The number of ether oxygens (including phenoxy) is 1. The zero-order chi connectivity index (χ0) is 18.0. The summed E-state index contributed by atoms with van der Waals surface area (Å²) >= 11 is 0. The van der Waals surface area contributed by atoms with Crippen molar-refractivity contribution in [2.75, 3.05) is 0 Å². The van der Waals surface area contributed by atoms with Crippen LogP contribution in [-0.4, -0.2) is 5.97 Å². The lowest BCUT2D eigenvalue weighted by Gasteiger charge is -2.08. The zero-order valence-corrected chi connectivity index (χ0v) is 13.5. The minimum atomic E-state index is -0.977. The molecule has 3 aromatic rings. The monoisotopic (exact) mass is 344 g/mol. The third kappa shape index (κ3) is 3.50. The summed E-state index contributed by atoms with van der Waals surface area (Å²) in [4.78, 5) is 12.2. The lowest BCUT2D eigenvalue weighted by molar-refractivity contribution is 0.0728. The van der Waals surface area contributed by atoms with Crippen molar-refractivity contribution in [3.8, 4) is 5.75 Å². The molecule has 0 saturated carbocycles. The summed E-state index contributed by atoms with van der Waals surface area (Å²) in [6.07, 6.45) is 1.62. The molecule has 0 fully saturated rings. The van der Waals surface area contributed by atoms with E-state index in [1.54, 1.807) is 6.07 Å². The summed E-state index contributed by atoms with van der Waals surface area (Å²) < 4.78 is 46.0. The van der Waals surface area contributed by atoms with Crippen molar-refractivity contribution in [2.24, 2.45) is 0 Å². The Balaban J connectivity index is 1.86. The number of carbonyl (C=O) groups excluding carboxylic acids is 1. The van der Waals surface area contributed by atoms with Crippen LogP contribution >= 0.6 is 0 Å². The molecule has 3 aromatic carbocycles. The molecular formula is C20H15F3O2. The molecule has 0 spiro atoms. The first-order valence-electron chi connectivity index (χ1n) is 7.88. The standard InChI is InChI=1S/C20H15F3O2/c1-2-3-12-4-9-18(17(22)10-12)25-20(24)14-5-7-15-13(11-14)6-8-16(21)19(15)23/h4-11H,2-3H2,1H3. The van der Waals surface area contributed by atoms with Crippen molar-refractivity contribution < 1.29 is 22.7 Å². The van der Waals surface area contributed by atoms with Crippen molar-refractivity contribution >= 4 is 16.7 Å². The Kier molecular flexibility index (Phi) is 4.74. The van der Waals surface area contributed by atoms with Gasteiger partial charge < -0.3 is 4.74 Å². The first-order valence-corrected chi connectivity index (χ1v) is 7.88. The third-order valence-corrected chi connectivity index (χ3v) is 3.88. The third-order valence-electron chi connectivity index (χ3n) is 3.88. The number of halogens is 3. The first-order chi connectivity index (χ1) is 12.0. The van der Waals surface area contributed by atoms with Crippen LogP contribution < -0.4 is 4.74 Å². The summed E-state index contributed by atoms with van der Waals surface area (Å²) in [6.45, 7) is 1.99. The second-order valence-corrected chi connectivity index (χ2v) is 5.70. The van der Waals surface area contributed by atoms with Gasteiger partial charge in [-0.1, -0.05) is 31.5 Å². The van der Waals surface area contributed by atoms with Gasteiger partial charge in [0.1, 0.15) is 0 Å². The Labute approximate surface area is 142 Å². The maximum Gasteiger partial charge on any atom is 0.343 e. The summed E-state index contributed by atoms with van der Waals surface area (Å²) in [7, 11) is 0. The molecule has 0 unspecified atom stereocenters. The van der Waals surface area contributed by atoms with Crippen molar-refractivity contribution in [2.45, 2.75) is 19.8 Å². The number of hydrogen-bond acceptors (Lipinski definition) is 2. The molecular weight excluding hydrogens is 329 g/mol. The van der Waals surface area contributed by atoms with Gasteiger partial charge in [0.25, 0.3) is 0 Å². The van der Waals surface area contributed by atoms with E-state index in [9.17, 15) is 18.0 Å². The molecule has 5 heteroatoms. The highest BCUT2D eigenvalue weighted by molar-refractivity contribution is 5.96. The number of rotatable bonds is 4. The molecule has 25 heavy (non-hydrogen) atoms. The van der Waals surface area contributed by atoms with Gasteiger partial charge in [0.15, 0.2) is 23.2 Å². The van der Waals surface area contributed by atoms with E-state index in [1.165, 1.54) is 36.4 Å². The van der Waals surface area contributed by atoms with Crippen LogP contribution in [0.3, 0.4) is 0 Å². The van der Waals surface area contributed by atoms with E-state index >= 15 is 0 Å². The molecule has 0 bridgehead atoms. The van der Waals surface area contributed by atoms with Crippen LogP contribution in [0.25, 0.3) is 10.8 Å². The quantitative estimate of drug-likeness (QED) is 0.466. The summed E-state index contributed by atoms with van der Waals surface area (Å²) in [5, 5.41) is 0.416. The van der Waals surface area contributed by atoms with Crippen molar-refractivity contribution in [1.29, 1.82) is 0 Å². The molecule has 0 atom stereocenters. The second-order valence-electron chi connectivity index (χ2n) is 5.70. The Bertz CT molecular complexity index is 951. The van der Waals surface area contributed by atoms with Gasteiger partial charge in [-0.3, -0.25) is 0 Å². The van der Waals surface area contributed by atoms with Gasteiger partial charge in [-0.25, -0.2) is 18.0 Å². The Hall–Kier alpha value is -2.82. The van der Waals surface area contributed by atoms with Gasteiger partial charge >= 0.3 is 5.97 Å². The van der Waals surface area contributed by atoms with E-state index in [4.69, 9.17) is 4.74 Å². The van der Waals surface area contributed by atoms with Crippen LogP contribution in [0.1, 0.15) is 29.3 Å². The zero-order valence-electron chi connectivity index (χ0n) is 13.5. The van der Waals surface area contributed by atoms with E-state index < -0.39 is 23.4 Å². The molecule has 0 saturated heterocycles. The molecule has 0 amide bonds. The molecule has 0 aromatic heterocycles. The lowest BCUT2D eigenvalue weighted by atomic mass is 10.1. The minimum Gasteiger partial charge on any atom is -0.420 e. The van der Waals surface area contributed by atoms with Crippen LogP contribution in [0.2, 0.25) is 0 Å². The number of carbonyl (C=O) groups is 1. The highest BCUT2D eigenvalue weighted by Crippen LogP contribution is 2.24. The lowest BCUT2D eigenvalue weighted by Crippen LogP contribution is -2.09. The van der Waals surface area contributed by atoms with E-state index in [0.29, 0.717) is 5.39 Å². The fourth-order valence-corrected chi connectivity index (χ4v) is 2.62. The van der Waals surface area contributed by atoms with Crippen LogP contribution in [0.15, 0.2) is 48.5 Å². The fourth-order valence-electron chi connectivity index (χ4n) is 2.62. The summed E-state index contributed by atoms with van der Waals surface area (Å²) in [5.41, 5.74) is 0.943. The number of fused-ring (bicyclic) bond motifs is 1. The summed E-state index contributed by atoms with van der Waals surface area (Å²) in [5.74, 6) is -3.50. The predicted molar refractivity (Wildman–Crippen MR) is 89.2 cm³/mol. The molecule has 128 valence electrons. The van der Waals surface area contributed by atoms with Gasteiger partial charge in [0.2, 0.25) is 0 Å². The molecule has 3 rings (SSSR count). The maximum atomic E-state index is 14.0. The smallest absolute Gasteiger partial charge is 0.343 e. The number of aryl methyl sites for hydroxylation is 1. The molecule has 0 heterocycles. The van der Waals surface area contributed by atoms with Gasteiger partial charge in [-0.2, -0.15) is 0 Å². The summed E-state index contributed by atoms with van der Waals surface area (Å²) in [6, 6.07) is 10.8. The van der Waals surface area contributed by atoms with Gasteiger partial charge in [-0.05, 0) is 47.7 Å². The van der Waals surface area contributed by atoms with Crippen LogP contribution in [0, 0.1) is 17.5 Å². The minimum absolute atomic E-state index is 0.0617. The van der Waals surface area contributed by atoms with Crippen LogP contribution in [-0.2, 0) is 6.42 Å². The molecule has 0 aliphatic rings. The van der Waals surface area contributed by atoms with Crippen LogP contribution in [0.4, 0.5) is 13.2 Å². The van der Waals surface area contributed by atoms with Gasteiger partial charge in [0.05, 0.1) is 5.56 Å². The van der Waals surface area contributed by atoms with E-state index in [0.717, 1.165) is 24.5 Å². The van der Waals surface area contributed by atoms with E-state index in [2.05, 4.69) is 0 Å². The normalized spacial score (nSPS) is 10.9. The van der Waals surface area contributed by atoms with Crippen molar-refractivity contribution in [1.82, 2.24) is 0 Å². The molecule has 0 aliphatic heterocycles. The SMILES string of the molecule is CCCc1ccc(OC(=O)c2ccc3c(F)c(F)ccc3c2)c(F)c1. The number of benzene rings is 3. The Morgan fingerprint density at radius 3 is 2.48 bits per heavy atom. The second kappa shape index (κ2) is 6.97. The maximum absolute atomic E-state index is 14.0. The highest BCUT2D eigenvalue weighted by atomic mass is 19.2. The van der Waals surface area contributed by atoms with Gasteiger partial charge in [-0.15, -0.1) is 0 Å². The first kappa shape index (κ1) is 17.0. The average Bonchev–Trinajstić information content (AvgIpc) is 2.60. The Morgan fingerprint density at radius 2 is 1.76 bits per heavy atom. The molecule has 0 radical (unpaired) electrons. The topological polar surface area (TPSA) is 26.3 Å². The largest absolute Gasteiger partial charge is 0.420 e.